The first-order chi connectivity index (χ1) is 15.0. The molecule has 0 fully saturated rings. The number of carbonyl (C=O) groups is 1. The molecule has 0 aliphatic rings. The quantitative estimate of drug-likeness (QED) is 0.196. The average molecular weight is 437 g/mol. The van der Waals surface area contributed by atoms with Crippen LogP contribution in [0.3, 0.4) is 0 Å². The Morgan fingerprint density at radius 3 is 1.97 bits per heavy atom. The molecular weight excluding hydrogens is 392 g/mol. The van der Waals surface area contributed by atoms with E-state index in [0.717, 1.165) is 61.0 Å². The molecule has 0 N–H and O–H groups in total. The van der Waals surface area contributed by atoms with Gasteiger partial charge in [0.25, 0.3) is 0 Å². The van der Waals surface area contributed by atoms with E-state index < -0.39 is 0 Å². The van der Waals surface area contributed by atoms with E-state index in [1.807, 2.05) is 26.0 Å². The van der Waals surface area contributed by atoms with Gasteiger partial charge in [0.2, 0.25) is 0 Å². The summed E-state index contributed by atoms with van der Waals surface area (Å²) in [6.45, 7) is 18.8. The summed E-state index contributed by atoms with van der Waals surface area (Å²) in [6, 6.07) is 4.10. The predicted octanol–water partition coefficient (Wildman–Crippen LogP) is 9.26. The molecule has 1 aromatic carbocycles. The van der Waals surface area contributed by atoms with Crippen molar-refractivity contribution < 1.29 is 9.53 Å². The molecule has 1 rings (SSSR count). The van der Waals surface area contributed by atoms with Crippen LogP contribution in [0.15, 0.2) is 58.4 Å². The molecule has 0 heterocycles. The van der Waals surface area contributed by atoms with Gasteiger partial charge in [0, 0.05) is 6.42 Å². The highest BCUT2D eigenvalue weighted by molar-refractivity contribution is 5.93. The molecule has 0 spiro atoms. The van der Waals surface area contributed by atoms with Crippen LogP contribution < -0.4 is 0 Å². The highest BCUT2D eigenvalue weighted by Crippen LogP contribution is 2.24. The van der Waals surface area contributed by atoms with Gasteiger partial charge in [-0.1, -0.05) is 52.6 Å². The zero-order valence-corrected chi connectivity index (χ0v) is 21.9. The van der Waals surface area contributed by atoms with E-state index >= 15 is 0 Å². The first-order valence-electron chi connectivity index (χ1n) is 11.9. The fourth-order valence-corrected chi connectivity index (χ4v) is 3.84. The topological polar surface area (TPSA) is 26.3 Å². The Hall–Kier alpha value is -2.35. The van der Waals surface area contributed by atoms with Crippen molar-refractivity contribution in [2.45, 2.75) is 101 Å². The second kappa shape index (κ2) is 13.9. The zero-order chi connectivity index (χ0) is 24.3. The van der Waals surface area contributed by atoms with E-state index in [2.05, 4.69) is 66.7 Å². The maximum absolute atomic E-state index is 13.1. The molecule has 0 radical (unpaired) electrons. The third kappa shape index (κ3) is 9.85. The Morgan fingerprint density at radius 2 is 1.41 bits per heavy atom. The van der Waals surface area contributed by atoms with Crippen molar-refractivity contribution in [2.24, 2.45) is 0 Å². The lowest BCUT2D eigenvalue weighted by molar-refractivity contribution is 0.0607. The number of hydrogen-bond acceptors (Lipinski definition) is 2. The van der Waals surface area contributed by atoms with Crippen LogP contribution in [0.2, 0.25) is 0 Å². The summed E-state index contributed by atoms with van der Waals surface area (Å²) in [5.74, 6) is 0.593. The number of ether oxygens (including phenoxy) is 1. The lowest BCUT2D eigenvalue weighted by atomic mass is 9.99. The van der Waals surface area contributed by atoms with Crippen molar-refractivity contribution in [2.75, 3.05) is 0 Å². The van der Waals surface area contributed by atoms with Crippen LogP contribution in [0, 0.1) is 20.8 Å². The lowest BCUT2D eigenvalue weighted by Crippen LogP contribution is -2.11. The number of carbonyl (C=O) groups excluding carboxylic acids is 1. The molecular formula is C30H44O2. The molecule has 1 aromatic rings. The third-order valence-corrected chi connectivity index (χ3v) is 5.92. The number of benzene rings is 1. The Balaban J connectivity index is 3.02. The molecule has 2 nitrogen and oxygen atoms in total. The maximum atomic E-state index is 13.1. The summed E-state index contributed by atoms with van der Waals surface area (Å²) in [7, 11) is 0. The first kappa shape index (κ1) is 27.7. The van der Waals surface area contributed by atoms with E-state index in [9.17, 15) is 4.79 Å². The molecule has 0 bridgehead atoms. The molecule has 32 heavy (non-hydrogen) atoms. The van der Waals surface area contributed by atoms with Crippen molar-refractivity contribution in [3.63, 3.8) is 0 Å². The van der Waals surface area contributed by atoms with Crippen LogP contribution in [-0.2, 0) is 4.74 Å². The molecule has 2 heteroatoms. The Kier molecular flexibility index (Phi) is 12.1. The molecule has 176 valence electrons. The summed E-state index contributed by atoms with van der Waals surface area (Å²) in [4.78, 5) is 13.1. The van der Waals surface area contributed by atoms with E-state index in [1.165, 1.54) is 22.3 Å². The molecule has 0 aliphatic heterocycles. The minimum atomic E-state index is -0.234. The average Bonchev–Trinajstić information content (AvgIpc) is 2.69. The molecule has 0 unspecified atom stereocenters. The van der Waals surface area contributed by atoms with Crippen LogP contribution >= 0.6 is 0 Å². The summed E-state index contributed by atoms with van der Waals surface area (Å²) < 4.78 is 6.05. The predicted molar refractivity (Wildman–Crippen MR) is 139 cm³/mol. The molecule has 0 amide bonds. The number of rotatable bonds is 11. The minimum Gasteiger partial charge on any atom is -0.428 e. The highest BCUT2D eigenvalue weighted by atomic mass is 16.5. The Labute approximate surface area is 197 Å². The van der Waals surface area contributed by atoms with Gasteiger partial charge in [0.05, 0.1) is 5.56 Å². The monoisotopic (exact) mass is 436 g/mol. The lowest BCUT2D eigenvalue weighted by Gasteiger charge is -2.16. The third-order valence-electron chi connectivity index (χ3n) is 5.92. The smallest absolute Gasteiger partial charge is 0.343 e. The van der Waals surface area contributed by atoms with Crippen molar-refractivity contribution in [1.82, 2.24) is 0 Å². The standard InChI is InChI=1S/C30H44O2/c1-10-22(4)14-12-15-23(5)17-18-28(25(7)16-11-13-21(2)3)32-30(31)29-26(8)19-24(6)20-27(29)9/h10,13,15,19-20H,11-12,14,16-18H2,1-9H3/b22-10+,23-15+,28-25+. The number of esters is 1. The molecule has 0 saturated heterocycles. The fraction of sp³-hybridized carbons (Fsp3) is 0.500. The minimum absolute atomic E-state index is 0.234. The van der Waals surface area contributed by atoms with Crippen molar-refractivity contribution in [3.8, 4) is 0 Å². The molecule has 0 saturated carbocycles. The van der Waals surface area contributed by atoms with Crippen LogP contribution in [0.25, 0.3) is 0 Å². The number of allylic oxidation sites excluding steroid dienone is 8. The SMILES string of the molecule is C/C=C(\C)CC/C=C(\C)CC/C(OC(=O)c1c(C)cc(C)cc1C)=C(/C)CCC=C(C)C. The van der Waals surface area contributed by atoms with Gasteiger partial charge in [0.15, 0.2) is 0 Å². The molecule has 0 aliphatic carbocycles. The van der Waals surface area contributed by atoms with Gasteiger partial charge in [-0.2, -0.15) is 0 Å². The normalized spacial score (nSPS) is 13.0. The largest absolute Gasteiger partial charge is 0.428 e. The van der Waals surface area contributed by atoms with Gasteiger partial charge < -0.3 is 4.74 Å². The second-order valence-corrected chi connectivity index (χ2v) is 9.41. The van der Waals surface area contributed by atoms with E-state index in [0.29, 0.717) is 5.56 Å². The van der Waals surface area contributed by atoms with E-state index in [1.54, 1.807) is 0 Å². The maximum Gasteiger partial charge on any atom is 0.343 e. The van der Waals surface area contributed by atoms with Crippen molar-refractivity contribution in [1.29, 1.82) is 0 Å². The van der Waals surface area contributed by atoms with E-state index in [-0.39, 0.29) is 5.97 Å². The van der Waals surface area contributed by atoms with Gasteiger partial charge in [-0.15, -0.1) is 0 Å². The Morgan fingerprint density at radius 1 is 0.812 bits per heavy atom. The highest BCUT2D eigenvalue weighted by Gasteiger charge is 2.17. The van der Waals surface area contributed by atoms with Crippen molar-refractivity contribution >= 4 is 5.97 Å². The molecule has 0 atom stereocenters. The van der Waals surface area contributed by atoms with Gasteiger partial charge in [0.1, 0.15) is 5.76 Å². The number of aryl methyl sites for hydroxylation is 3. The van der Waals surface area contributed by atoms with Crippen LogP contribution in [0.5, 0.6) is 0 Å². The van der Waals surface area contributed by atoms with Crippen molar-refractivity contribution in [3.05, 3.63) is 80.7 Å². The zero-order valence-electron chi connectivity index (χ0n) is 21.9. The van der Waals surface area contributed by atoms with Gasteiger partial charge in [-0.05, 0) is 111 Å². The van der Waals surface area contributed by atoms with Gasteiger partial charge in [-0.25, -0.2) is 4.79 Å². The summed E-state index contributed by atoms with van der Waals surface area (Å²) in [6.07, 6.45) is 12.4. The Bertz CT molecular complexity index is 880. The van der Waals surface area contributed by atoms with E-state index in [4.69, 9.17) is 4.74 Å². The molecule has 0 aromatic heterocycles. The second-order valence-electron chi connectivity index (χ2n) is 9.41. The van der Waals surface area contributed by atoms with Crippen LogP contribution in [0.1, 0.15) is 107 Å². The van der Waals surface area contributed by atoms with Crippen LogP contribution in [0.4, 0.5) is 0 Å². The summed E-state index contributed by atoms with van der Waals surface area (Å²) in [5, 5.41) is 0. The number of hydrogen-bond donors (Lipinski definition) is 0. The summed E-state index contributed by atoms with van der Waals surface area (Å²) in [5.41, 5.74) is 9.06. The van der Waals surface area contributed by atoms with Crippen LogP contribution in [-0.4, -0.2) is 5.97 Å². The summed E-state index contributed by atoms with van der Waals surface area (Å²) >= 11 is 0. The van der Waals surface area contributed by atoms with Gasteiger partial charge in [-0.3, -0.25) is 0 Å². The fourth-order valence-electron chi connectivity index (χ4n) is 3.84. The first-order valence-corrected chi connectivity index (χ1v) is 11.9. The van der Waals surface area contributed by atoms with Gasteiger partial charge >= 0.3 is 5.97 Å².